The predicted octanol–water partition coefficient (Wildman–Crippen LogP) is 3.18. The summed E-state index contributed by atoms with van der Waals surface area (Å²) in [4.78, 5) is 24.8. The maximum absolute atomic E-state index is 12.9. The molecule has 25 heavy (non-hydrogen) atoms. The van der Waals surface area contributed by atoms with Crippen LogP contribution in [-0.4, -0.2) is 16.3 Å². The SMILES string of the molecule is Cc1c(C(=O)[O-])c2c(n1Cc1ccccc1)C(=O)c1ccc(Br)cc1-2. The molecule has 2 aromatic carbocycles. The van der Waals surface area contributed by atoms with Crippen LogP contribution in [0.5, 0.6) is 0 Å². The van der Waals surface area contributed by atoms with Gasteiger partial charge in [0.15, 0.2) is 0 Å². The second-order valence-corrected chi connectivity index (χ2v) is 6.98. The Morgan fingerprint density at radius 1 is 1.12 bits per heavy atom. The van der Waals surface area contributed by atoms with Crippen molar-refractivity contribution >= 4 is 27.7 Å². The van der Waals surface area contributed by atoms with Crippen LogP contribution in [0, 0.1) is 6.92 Å². The van der Waals surface area contributed by atoms with Crippen molar-refractivity contribution < 1.29 is 14.7 Å². The molecule has 0 bridgehead atoms. The van der Waals surface area contributed by atoms with E-state index in [4.69, 9.17) is 0 Å². The summed E-state index contributed by atoms with van der Waals surface area (Å²) >= 11 is 3.40. The van der Waals surface area contributed by atoms with Crippen LogP contribution in [0.25, 0.3) is 11.1 Å². The number of carbonyl (C=O) groups excluding carboxylic acids is 2. The second kappa shape index (κ2) is 5.70. The predicted molar refractivity (Wildman–Crippen MR) is 95.6 cm³/mol. The number of hydrogen-bond acceptors (Lipinski definition) is 3. The molecule has 0 saturated carbocycles. The van der Waals surface area contributed by atoms with E-state index in [1.165, 1.54) is 0 Å². The van der Waals surface area contributed by atoms with Crippen molar-refractivity contribution in [3.05, 3.63) is 81.1 Å². The Balaban J connectivity index is 1.99. The fraction of sp³-hybridized carbons (Fsp3) is 0.100. The van der Waals surface area contributed by atoms with Crippen LogP contribution < -0.4 is 5.11 Å². The number of rotatable bonds is 3. The molecule has 0 atom stereocenters. The van der Waals surface area contributed by atoms with Gasteiger partial charge in [0.2, 0.25) is 5.78 Å². The first-order valence-electron chi connectivity index (χ1n) is 7.82. The molecule has 4 nitrogen and oxygen atoms in total. The van der Waals surface area contributed by atoms with Crippen molar-refractivity contribution in [1.29, 1.82) is 0 Å². The highest BCUT2D eigenvalue weighted by Gasteiger charge is 2.35. The Labute approximate surface area is 152 Å². The van der Waals surface area contributed by atoms with E-state index in [-0.39, 0.29) is 11.3 Å². The molecule has 5 heteroatoms. The maximum atomic E-state index is 12.9. The standard InChI is InChI=1S/C20H14BrNO3/c1-11-16(20(24)25)17-15-9-13(21)7-8-14(15)19(23)18(17)22(11)10-12-5-3-2-4-6-12/h2-9H,10H2,1H3,(H,24,25)/p-1. The molecule has 1 heterocycles. The number of aromatic nitrogens is 1. The lowest BCUT2D eigenvalue weighted by Gasteiger charge is -2.12. The molecule has 3 aromatic rings. The molecular formula is C20H13BrNO3-. The molecule has 0 spiro atoms. The summed E-state index contributed by atoms with van der Waals surface area (Å²) < 4.78 is 2.58. The van der Waals surface area contributed by atoms with Gasteiger partial charge in [-0.2, -0.15) is 0 Å². The molecule has 0 saturated heterocycles. The van der Waals surface area contributed by atoms with E-state index in [9.17, 15) is 14.7 Å². The van der Waals surface area contributed by atoms with Gasteiger partial charge in [-0.1, -0.05) is 46.3 Å². The number of carboxylic acid groups (broad SMARTS) is 1. The molecule has 1 aromatic heterocycles. The Hall–Kier alpha value is -2.66. The fourth-order valence-electron chi connectivity index (χ4n) is 3.50. The number of aromatic carboxylic acids is 1. The Morgan fingerprint density at radius 2 is 1.84 bits per heavy atom. The van der Waals surface area contributed by atoms with Crippen LogP contribution in [0.4, 0.5) is 0 Å². The van der Waals surface area contributed by atoms with Crippen LogP contribution in [0.1, 0.15) is 37.7 Å². The first kappa shape index (κ1) is 15.8. The number of carboxylic acids is 1. The lowest BCUT2D eigenvalue weighted by Crippen LogP contribution is -2.23. The molecular weight excluding hydrogens is 382 g/mol. The zero-order valence-corrected chi connectivity index (χ0v) is 15.0. The molecule has 1 aliphatic rings. The van der Waals surface area contributed by atoms with E-state index in [1.807, 2.05) is 30.3 Å². The zero-order valence-electron chi connectivity index (χ0n) is 13.4. The van der Waals surface area contributed by atoms with E-state index in [2.05, 4.69) is 15.9 Å². The number of ketones is 1. The normalized spacial score (nSPS) is 12.2. The van der Waals surface area contributed by atoms with Gasteiger partial charge in [-0.05, 0) is 36.2 Å². The largest absolute Gasteiger partial charge is 0.545 e. The minimum absolute atomic E-state index is 0.0936. The molecule has 4 rings (SSSR count). The van der Waals surface area contributed by atoms with Gasteiger partial charge in [0.1, 0.15) is 0 Å². The first-order chi connectivity index (χ1) is 12.0. The minimum atomic E-state index is -1.26. The summed E-state index contributed by atoms with van der Waals surface area (Å²) in [6.07, 6.45) is 0. The van der Waals surface area contributed by atoms with Gasteiger partial charge in [-0.25, -0.2) is 0 Å². The molecule has 0 amide bonds. The average molecular weight is 395 g/mol. The third-order valence-electron chi connectivity index (χ3n) is 4.62. The van der Waals surface area contributed by atoms with Gasteiger partial charge in [-0.3, -0.25) is 4.79 Å². The van der Waals surface area contributed by atoms with Crippen molar-refractivity contribution in [2.45, 2.75) is 13.5 Å². The van der Waals surface area contributed by atoms with E-state index < -0.39 is 5.97 Å². The van der Waals surface area contributed by atoms with Crippen LogP contribution >= 0.6 is 15.9 Å². The number of fused-ring (bicyclic) bond motifs is 3. The highest BCUT2D eigenvalue weighted by Crippen LogP contribution is 2.43. The lowest BCUT2D eigenvalue weighted by molar-refractivity contribution is -0.255. The first-order valence-corrected chi connectivity index (χ1v) is 8.61. The third-order valence-corrected chi connectivity index (χ3v) is 5.11. The van der Waals surface area contributed by atoms with Crippen molar-refractivity contribution in [1.82, 2.24) is 4.57 Å². The smallest absolute Gasteiger partial charge is 0.210 e. The van der Waals surface area contributed by atoms with Crippen molar-refractivity contribution in [3.8, 4) is 11.1 Å². The molecule has 124 valence electrons. The summed E-state index contributed by atoms with van der Waals surface area (Å²) in [5, 5.41) is 11.8. The van der Waals surface area contributed by atoms with Crippen LogP contribution in [0.15, 0.2) is 53.0 Å². The van der Waals surface area contributed by atoms with Crippen LogP contribution in [-0.2, 0) is 6.54 Å². The van der Waals surface area contributed by atoms with E-state index in [0.717, 1.165) is 10.0 Å². The van der Waals surface area contributed by atoms with Crippen molar-refractivity contribution in [2.75, 3.05) is 0 Å². The van der Waals surface area contributed by atoms with Crippen molar-refractivity contribution in [2.24, 2.45) is 0 Å². The summed E-state index contributed by atoms with van der Waals surface area (Å²) in [6, 6.07) is 15.0. The number of hydrogen-bond donors (Lipinski definition) is 0. The summed E-state index contributed by atoms with van der Waals surface area (Å²) in [5.41, 5.74) is 3.69. The van der Waals surface area contributed by atoms with Crippen LogP contribution in [0.2, 0.25) is 0 Å². The highest BCUT2D eigenvalue weighted by molar-refractivity contribution is 9.10. The van der Waals surface area contributed by atoms with Gasteiger partial charge in [-0.15, -0.1) is 0 Å². The van der Waals surface area contributed by atoms with Crippen molar-refractivity contribution in [3.63, 3.8) is 0 Å². The topological polar surface area (TPSA) is 62.1 Å². The van der Waals surface area contributed by atoms with Crippen LogP contribution in [0.3, 0.4) is 0 Å². The van der Waals surface area contributed by atoms with Gasteiger partial charge in [0.05, 0.1) is 11.7 Å². The molecule has 0 radical (unpaired) electrons. The molecule has 0 aliphatic heterocycles. The van der Waals surface area contributed by atoms with E-state index in [1.54, 1.807) is 29.7 Å². The number of halogens is 1. The van der Waals surface area contributed by atoms with E-state index in [0.29, 0.717) is 34.6 Å². The maximum Gasteiger partial charge on any atom is 0.210 e. The lowest BCUT2D eigenvalue weighted by atomic mass is 10.0. The van der Waals surface area contributed by atoms with Gasteiger partial charge in [0.25, 0.3) is 0 Å². The Kier molecular flexibility index (Phi) is 3.62. The minimum Gasteiger partial charge on any atom is -0.545 e. The number of carbonyl (C=O) groups is 2. The Morgan fingerprint density at radius 3 is 2.52 bits per heavy atom. The Bertz CT molecular complexity index is 1030. The summed E-state index contributed by atoms with van der Waals surface area (Å²) in [5.74, 6) is -1.41. The van der Waals surface area contributed by atoms with Gasteiger partial charge >= 0.3 is 0 Å². The molecule has 0 fully saturated rings. The van der Waals surface area contributed by atoms with Gasteiger partial charge in [0, 0.05) is 33.4 Å². The van der Waals surface area contributed by atoms with Gasteiger partial charge < -0.3 is 14.5 Å². The quantitative estimate of drug-likeness (QED) is 0.535. The molecule has 1 aliphatic carbocycles. The fourth-order valence-corrected chi connectivity index (χ4v) is 3.86. The number of benzene rings is 2. The second-order valence-electron chi connectivity index (χ2n) is 6.06. The number of nitrogens with zero attached hydrogens (tertiary/aromatic N) is 1. The zero-order chi connectivity index (χ0) is 17.7. The van der Waals surface area contributed by atoms with E-state index >= 15 is 0 Å². The monoisotopic (exact) mass is 394 g/mol. The third kappa shape index (κ3) is 2.35. The molecule has 0 unspecified atom stereocenters. The molecule has 0 N–H and O–H groups in total. The average Bonchev–Trinajstić information content (AvgIpc) is 3.02. The summed E-state index contributed by atoms with van der Waals surface area (Å²) in [6.45, 7) is 2.15. The highest BCUT2D eigenvalue weighted by atomic mass is 79.9. The summed E-state index contributed by atoms with van der Waals surface area (Å²) in [7, 11) is 0.